The van der Waals surface area contributed by atoms with Gasteiger partial charge in [-0.25, -0.2) is 14.3 Å². The number of carbonyl (C=O) groups is 1. The number of morpholine rings is 1. The van der Waals surface area contributed by atoms with Gasteiger partial charge < -0.3 is 14.2 Å². The molecule has 1 saturated carbocycles. The lowest BCUT2D eigenvalue weighted by Crippen LogP contribution is -2.51. The highest BCUT2D eigenvalue weighted by Crippen LogP contribution is 2.31. The van der Waals surface area contributed by atoms with Crippen molar-refractivity contribution < 1.29 is 9.53 Å². The predicted octanol–water partition coefficient (Wildman–Crippen LogP) is 2.16. The van der Waals surface area contributed by atoms with Crippen molar-refractivity contribution in [3.63, 3.8) is 0 Å². The van der Waals surface area contributed by atoms with Crippen molar-refractivity contribution in [3.05, 3.63) is 63.1 Å². The quantitative estimate of drug-likeness (QED) is 0.576. The second-order valence-electron chi connectivity index (χ2n) is 9.56. The van der Waals surface area contributed by atoms with Crippen LogP contribution in [0.4, 0.5) is 0 Å². The minimum Gasteiger partial charge on any atom is -0.372 e. The zero-order valence-electron chi connectivity index (χ0n) is 19.7. The largest absolute Gasteiger partial charge is 0.372 e. The number of rotatable bonds is 5. The monoisotopic (exact) mass is 465 g/mol. The van der Waals surface area contributed by atoms with Gasteiger partial charge in [0.15, 0.2) is 11.2 Å². The van der Waals surface area contributed by atoms with E-state index in [-0.39, 0.29) is 37.2 Å². The maximum atomic E-state index is 13.6. The number of fused-ring (bicyclic) bond motifs is 1. The molecule has 0 spiro atoms. The first kappa shape index (κ1) is 22.6. The summed E-state index contributed by atoms with van der Waals surface area (Å²) in [4.78, 5) is 46.6. The third-order valence-corrected chi connectivity index (χ3v) is 6.91. The van der Waals surface area contributed by atoms with E-state index in [4.69, 9.17) is 4.74 Å². The maximum Gasteiger partial charge on any atom is 0.333 e. The fourth-order valence-corrected chi connectivity index (χ4v) is 5.33. The van der Waals surface area contributed by atoms with Crippen LogP contribution in [0.3, 0.4) is 0 Å². The highest BCUT2D eigenvalue weighted by molar-refractivity contribution is 5.77. The fraction of sp³-hybridized carbons (Fsp3) is 0.520. The molecule has 3 aromatic rings. The van der Waals surface area contributed by atoms with E-state index in [2.05, 4.69) is 4.98 Å². The van der Waals surface area contributed by atoms with Crippen LogP contribution in [0.2, 0.25) is 0 Å². The highest BCUT2D eigenvalue weighted by Gasteiger charge is 2.29. The van der Waals surface area contributed by atoms with Crippen LogP contribution in [0, 0.1) is 0 Å². The predicted molar refractivity (Wildman–Crippen MR) is 128 cm³/mol. The SMILES string of the molecule is C[C@H]1CN(C(=O)Cn2c(=O)c3c(ncn3C3CCCC3)n(Cc3ccccc3)c2=O)C[C@H](C)O1. The number of carbonyl (C=O) groups excluding carboxylic acids is 1. The second-order valence-corrected chi connectivity index (χ2v) is 9.56. The Labute approximate surface area is 197 Å². The zero-order valence-corrected chi connectivity index (χ0v) is 19.7. The lowest BCUT2D eigenvalue weighted by Gasteiger charge is -2.35. The van der Waals surface area contributed by atoms with Crippen LogP contribution >= 0.6 is 0 Å². The van der Waals surface area contributed by atoms with E-state index in [9.17, 15) is 14.4 Å². The normalized spacial score (nSPS) is 21.4. The summed E-state index contributed by atoms with van der Waals surface area (Å²) in [5.74, 6) is -0.251. The number of imidazole rings is 1. The summed E-state index contributed by atoms with van der Waals surface area (Å²) in [7, 11) is 0. The topological polar surface area (TPSA) is 91.4 Å². The molecule has 2 atom stereocenters. The Kier molecular flexibility index (Phi) is 6.12. The smallest absolute Gasteiger partial charge is 0.333 e. The summed E-state index contributed by atoms with van der Waals surface area (Å²) < 4.78 is 10.3. The molecule has 180 valence electrons. The van der Waals surface area contributed by atoms with Gasteiger partial charge in [-0.15, -0.1) is 0 Å². The number of hydrogen-bond donors (Lipinski definition) is 0. The molecule has 0 N–H and O–H groups in total. The Morgan fingerprint density at radius 3 is 2.38 bits per heavy atom. The summed E-state index contributed by atoms with van der Waals surface area (Å²) in [5.41, 5.74) is 0.743. The van der Waals surface area contributed by atoms with Crippen molar-refractivity contribution in [3.8, 4) is 0 Å². The third-order valence-electron chi connectivity index (χ3n) is 6.91. The summed E-state index contributed by atoms with van der Waals surface area (Å²) in [6, 6.07) is 9.79. The lowest BCUT2D eigenvalue weighted by molar-refractivity contribution is -0.143. The summed E-state index contributed by atoms with van der Waals surface area (Å²) in [5, 5.41) is 0. The molecule has 1 saturated heterocycles. The van der Waals surface area contributed by atoms with Gasteiger partial charge in [0.1, 0.15) is 6.54 Å². The van der Waals surface area contributed by atoms with Gasteiger partial charge in [-0.2, -0.15) is 0 Å². The molecule has 9 nitrogen and oxygen atoms in total. The first-order valence-corrected chi connectivity index (χ1v) is 12.1. The number of aromatic nitrogens is 4. The molecule has 2 aromatic heterocycles. The first-order chi connectivity index (χ1) is 16.4. The van der Waals surface area contributed by atoms with Crippen molar-refractivity contribution >= 4 is 17.1 Å². The molecule has 1 amide bonds. The standard InChI is InChI=1S/C25H31N5O4/c1-17-12-27(13-18(2)34-17)21(31)15-29-24(32)22-23(26-16-30(22)20-10-6-7-11-20)28(25(29)33)14-19-8-4-3-5-9-19/h3-5,8-9,16-18,20H,6-7,10-15H2,1-2H3/t17-,18-/m0/s1. The van der Waals surface area contributed by atoms with E-state index in [0.717, 1.165) is 35.8 Å². The van der Waals surface area contributed by atoms with Crippen LogP contribution in [0.1, 0.15) is 51.1 Å². The summed E-state index contributed by atoms with van der Waals surface area (Å²) in [6.45, 7) is 4.70. The molecular formula is C25H31N5O4. The molecule has 1 aliphatic heterocycles. The van der Waals surface area contributed by atoms with Crippen LogP contribution in [-0.4, -0.2) is 54.8 Å². The van der Waals surface area contributed by atoms with Gasteiger partial charge in [0.05, 0.1) is 25.1 Å². The Morgan fingerprint density at radius 1 is 1.03 bits per heavy atom. The second kappa shape index (κ2) is 9.21. The van der Waals surface area contributed by atoms with E-state index in [1.807, 2.05) is 48.7 Å². The molecule has 3 heterocycles. The zero-order chi connectivity index (χ0) is 23.8. The van der Waals surface area contributed by atoms with Gasteiger partial charge in [0, 0.05) is 19.1 Å². The van der Waals surface area contributed by atoms with Gasteiger partial charge in [-0.3, -0.25) is 14.2 Å². The molecule has 0 bridgehead atoms. The van der Waals surface area contributed by atoms with Crippen molar-refractivity contribution in [2.24, 2.45) is 0 Å². The molecule has 1 aromatic carbocycles. The highest BCUT2D eigenvalue weighted by atomic mass is 16.5. The molecule has 2 fully saturated rings. The first-order valence-electron chi connectivity index (χ1n) is 12.1. The number of hydrogen-bond acceptors (Lipinski definition) is 5. The molecule has 2 aliphatic rings. The lowest BCUT2D eigenvalue weighted by atomic mass is 10.2. The van der Waals surface area contributed by atoms with Gasteiger partial charge in [-0.1, -0.05) is 43.2 Å². The number of benzene rings is 1. The van der Waals surface area contributed by atoms with Crippen molar-refractivity contribution in [1.82, 2.24) is 23.6 Å². The summed E-state index contributed by atoms with van der Waals surface area (Å²) >= 11 is 0. The van der Waals surface area contributed by atoms with Gasteiger partial charge in [0.25, 0.3) is 5.56 Å². The van der Waals surface area contributed by atoms with Gasteiger partial charge in [-0.05, 0) is 32.3 Å². The van der Waals surface area contributed by atoms with Crippen LogP contribution in [0.15, 0.2) is 46.2 Å². The van der Waals surface area contributed by atoms with Gasteiger partial charge in [0.2, 0.25) is 5.91 Å². The third kappa shape index (κ3) is 4.20. The van der Waals surface area contributed by atoms with Crippen molar-refractivity contribution in [2.45, 2.75) is 70.9 Å². The van der Waals surface area contributed by atoms with E-state index in [1.54, 1.807) is 11.2 Å². The van der Waals surface area contributed by atoms with Crippen molar-refractivity contribution in [1.29, 1.82) is 0 Å². The average molecular weight is 466 g/mol. The number of ether oxygens (including phenoxy) is 1. The Hall–Kier alpha value is -3.20. The molecule has 5 rings (SSSR count). The van der Waals surface area contributed by atoms with Gasteiger partial charge >= 0.3 is 5.69 Å². The molecule has 9 heteroatoms. The maximum absolute atomic E-state index is 13.6. The minimum atomic E-state index is -0.513. The summed E-state index contributed by atoms with van der Waals surface area (Å²) in [6.07, 6.45) is 5.66. The molecule has 0 radical (unpaired) electrons. The molecule has 0 unspecified atom stereocenters. The minimum absolute atomic E-state index is 0.0922. The molecular weight excluding hydrogens is 434 g/mol. The van der Waals surface area contributed by atoms with E-state index < -0.39 is 11.2 Å². The van der Waals surface area contributed by atoms with E-state index in [0.29, 0.717) is 24.3 Å². The Morgan fingerprint density at radius 2 is 1.71 bits per heavy atom. The molecule has 34 heavy (non-hydrogen) atoms. The fourth-order valence-electron chi connectivity index (χ4n) is 5.33. The number of nitrogens with zero attached hydrogens (tertiary/aromatic N) is 5. The number of amides is 1. The molecule has 1 aliphatic carbocycles. The van der Waals surface area contributed by atoms with Crippen LogP contribution in [-0.2, 0) is 22.6 Å². The Balaban J connectivity index is 1.60. The van der Waals surface area contributed by atoms with Crippen LogP contribution < -0.4 is 11.2 Å². The van der Waals surface area contributed by atoms with E-state index in [1.165, 1.54) is 4.57 Å². The van der Waals surface area contributed by atoms with Crippen molar-refractivity contribution in [2.75, 3.05) is 13.1 Å². The average Bonchev–Trinajstić information content (AvgIpc) is 3.49. The van der Waals surface area contributed by atoms with Crippen LogP contribution in [0.25, 0.3) is 11.2 Å². The van der Waals surface area contributed by atoms with E-state index >= 15 is 0 Å². The van der Waals surface area contributed by atoms with Crippen LogP contribution in [0.5, 0.6) is 0 Å². The Bertz CT molecular complexity index is 1290.